The second-order valence-electron chi connectivity index (χ2n) is 9.06. The van der Waals surface area contributed by atoms with Crippen LogP contribution in [0, 0.1) is 6.92 Å². The zero-order valence-electron chi connectivity index (χ0n) is 19.5. The number of carbonyl (C=O) groups is 1. The minimum absolute atomic E-state index is 0.0345. The SMILES string of the molecule is Cc1cccc(N2CCN(C(=O)[C@H](C)n3c4ccccc4c4cnn(C)c(=O)c43)C[C@@H]2C)c1. The van der Waals surface area contributed by atoms with Gasteiger partial charge in [-0.25, -0.2) is 4.68 Å². The topological polar surface area (TPSA) is 63.4 Å². The van der Waals surface area contributed by atoms with E-state index in [0.29, 0.717) is 18.6 Å². The highest BCUT2D eigenvalue weighted by molar-refractivity contribution is 6.08. The Morgan fingerprint density at radius 3 is 2.64 bits per heavy atom. The van der Waals surface area contributed by atoms with Crippen LogP contribution in [0.15, 0.2) is 59.5 Å². The summed E-state index contributed by atoms with van der Waals surface area (Å²) in [5.41, 5.74) is 3.64. The summed E-state index contributed by atoms with van der Waals surface area (Å²) in [5.74, 6) is 0.0345. The number of carbonyl (C=O) groups excluding carboxylic acids is 1. The maximum absolute atomic E-state index is 13.7. The standard InChI is InChI=1S/C26H29N5O2/c1-17-8-7-9-20(14-17)30-13-12-29(16-18(30)2)25(32)19(3)31-23-11-6-5-10-21(23)22-15-27-28(4)26(33)24(22)31/h5-11,14-15,18-19H,12-13,16H2,1-4H3/t18-,19-/m0/s1. The molecular weight excluding hydrogens is 414 g/mol. The van der Waals surface area contributed by atoms with E-state index in [9.17, 15) is 9.59 Å². The first-order valence-corrected chi connectivity index (χ1v) is 11.4. The van der Waals surface area contributed by atoms with Crippen LogP contribution in [0.25, 0.3) is 21.8 Å². The van der Waals surface area contributed by atoms with Gasteiger partial charge in [0.1, 0.15) is 11.6 Å². The van der Waals surface area contributed by atoms with E-state index in [1.807, 2.05) is 40.7 Å². The van der Waals surface area contributed by atoms with Crippen LogP contribution < -0.4 is 10.5 Å². The van der Waals surface area contributed by atoms with E-state index in [2.05, 4.69) is 48.1 Å². The van der Waals surface area contributed by atoms with Crippen LogP contribution >= 0.6 is 0 Å². The van der Waals surface area contributed by atoms with Crippen LogP contribution in [0.2, 0.25) is 0 Å². The lowest BCUT2D eigenvalue weighted by Crippen LogP contribution is -2.55. The van der Waals surface area contributed by atoms with Crippen LogP contribution in [0.3, 0.4) is 0 Å². The van der Waals surface area contributed by atoms with Crippen LogP contribution in [0.4, 0.5) is 5.69 Å². The largest absolute Gasteiger partial charge is 0.365 e. The number of aromatic nitrogens is 3. The molecule has 2 atom stereocenters. The molecule has 0 N–H and O–H groups in total. The number of hydrogen-bond donors (Lipinski definition) is 0. The summed E-state index contributed by atoms with van der Waals surface area (Å²) in [6.45, 7) is 8.23. The van der Waals surface area contributed by atoms with Crippen molar-refractivity contribution in [3.05, 3.63) is 70.6 Å². The minimum Gasteiger partial charge on any atom is -0.365 e. The van der Waals surface area contributed by atoms with Crippen molar-refractivity contribution in [1.29, 1.82) is 0 Å². The summed E-state index contributed by atoms with van der Waals surface area (Å²) in [6, 6.07) is 16.0. The fraction of sp³-hybridized carbons (Fsp3) is 0.346. The number of nitrogens with zero attached hydrogens (tertiary/aromatic N) is 5. The maximum Gasteiger partial charge on any atom is 0.291 e. The number of amides is 1. The van der Waals surface area contributed by atoms with Crippen molar-refractivity contribution in [3.63, 3.8) is 0 Å². The average Bonchev–Trinajstić information content (AvgIpc) is 3.15. The lowest BCUT2D eigenvalue weighted by Gasteiger charge is -2.42. The second-order valence-corrected chi connectivity index (χ2v) is 9.06. The number of fused-ring (bicyclic) bond motifs is 3. The zero-order chi connectivity index (χ0) is 23.3. The summed E-state index contributed by atoms with van der Waals surface area (Å²) in [7, 11) is 1.64. The van der Waals surface area contributed by atoms with Crippen LogP contribution in [-0.4, -0.2) is 50.8 Å². The smallest absolute Gasteiger partial charge is 0.291 e. The zero-order valence-corrected chi connectivity index (χ0v) is 19.5. The van der Waals surface area contributed by atoms with E-state index < -0.39 is 6.04 Å². The summed E-state index contributed by atoms with van der Waals surface area (Å²) in [4.78, 5) is 31.0. The molecule has 7 nitrogen and oxygen atoms in total. The number of rotatable bonds is 3. The van der Waals surface area contributed by atoms with E-state index in [1.54, 1.807) is 13.2 Å². The van der Waals surface area contributed by atoms with Gasteiger partial charge in [-0.1, -0.05) is 30.3 Å². The van der Waals surface area contributed by atoms with Gasteiger partial charge in [-0.15, -0.1) is 0 Å². The number of piperazine rings is 1. The summed E-state index contributed by atoms with van der Waals surface area (Å²) in [5, 5.41) is 5.93. The highest BCUT2D eigenvalue weighted by Crippen LogP contribution is 2.31. The van der Waals surface area contributed by atoms with Crippen molar-refractivity contribution >= 4 is 33.4 Å². The molecule has 2 aromatic heterocycles. The molecule has 0 aliphatic carbocycles. The van der Waals surface area contributed by atoms with E-state index >= 15 is 0 Å². The summed E-state index contributed by atoms with van der Waals surface area (Å²) in [6.07, 6.45) is 1.72. The maximum atomic E-state index is 13.7. The fourth-order valence-electron chi connectivity index (χ4n) is 5.11. The van der Waals surface area contributed by atoms with Crippen LogP contribution in [0.5, 0.6) is 0 Å². The summed E-state index contributed by atoms with van der Waals surface area (Å²) < 4.78 is 3.23. The molecule has 2 aromatic carbocycles. The molecule has 4 aromatic rings. The molecule has 0 spiro atoms. The van der Waals surface area contributed by atoms with Crippen molar-refractivity contribution in [3.8, 4) is 0 Å². The molecule has 7 heteroatoms. The highest BCUT2D eigenvalue weighted by Gasteiger charge is 2.31. The molecule has 170 valence electrons. The van der Waals surface area contributed by atoms with E-state index in [0.717, 1.165) is 22.8 Å². The van der Waals surface area contributed by atoms with Gasteiger partial charge in [0, 0.05) is 49.2 Å². The molecule has 1 amide bonds. The third-order valence-electron chi connectivity index (χ3n) is 6.82. The third kappa shape index (κ3) is 3.48. The van der Waals surface area contributed by atoms with Gasteiger partial charge >= 0.3 is 0 Å². The van der Waals surface area contributed by atoms with Crippen molar-refractivity contribution in [2.24, 2.45) is 7.05 Å². The fourth-order valence-corrected chi connectivity index (χ4v) is 5.11. The van der Waals surface area contributed by atoms with Gasteiger partial charge in [0.25, 0.3) is 5.56 Å². The molecular formula is C26H29N5O2. The third-order valence-corrected chi connectivity index (χ3v) is 6.82. The van der Waals surface area contributed by atoms with E-state index in [1.165, 1.54) is 15.9 Å². The quantitative estimate of drug-likeness (QED) is 0.486. The van der Waals surface area contributed by atoms with Crippen LogP contribution in [0.1, 0.15) is 25.5 Å². The van der Waals surface area contributed by atoms with Crippen LogP contribution in [-0.2, 0) is 11.8 Å². The molecule has 0 saturated carbocycles. The number of para-hydroxylation sites is 1. The Bertz CT molecular complexity index is 1420. The molecule has 33 heavy (non-hydrogen) atoms. The predicted octanol–water partition coefficient (Wildman–Crippen LogP) is 3.49. The lowest BCUT2D eigenvalue weighted by atomic mass is 10.1. The van der Waals surface area contributed by atoms with Gasteiger partial charge in [-0.3, -0.25) is 9.59 Å². The van der Waals surface area contributed by atoms with Gasteiger partial charge in [0.2, 0.25) is 5.91 Å². The summed E-state index contributed by atoms with van der Waals surface area (Å²) >= 11 is 0. The number of hydrogen-bond acceptors (Lipinski definition) is 4. The first-order valence-electron chi connectivity index (χ1n) is 11.4. The first-order chi connectivity index (χ1) is 15.9. The second kappa shape index (κ2) is 8.06. The number of anilines is 1. The van der Waals surface area contributed by atoms with Gasteiger partial charge in [0.05, 0.1) is 11.7 Å². The van der Waals surface area contributed by atoms with Gasteiger partial charge in [0.15, 0.2) is 0 Å². The monoisotopic (exact) mass is 443 g/mol. The molecule has 0 bridgehead atoms. The van der Waals surface area contributed by atoms with Gasteiger partial charge < -0.3 is 14.4 Å². The van der Waals surface area contributed by atoms with Crippen molar-refractivity contribution in [2.75, 3.05) is 24.5 Å². The molecule has 5 rings (SSSR count). The first kappa shape index (κ1) is 21.2. The molecule has 1 aliphatic heterocycles. The normalized spacial score (nSPS) is 17.6. The highest BCUT2D eigenvalue weighted by atomic mass is 16.2. The number of aryl methyl sites for hydroxylation is 2. The van der Waals surface area contributed by atoms with Crippen molar-refractivity contribution < 1.29 is 4.79 Å². The molecule has 0 unspecified atom stereocenters. The van der Waals surface area contributed by atoms with E-state index in [-0.39, 0.29) is 17.5 Å². The molecule has 1 aliphatic rings. The Morgan fingerprint density at radius 2 is 1.88 bits per heavy atom. The Morgan fingerprint density at radius 1 is 1.09 bits per heavy atom. The number of benzene rings is 2. The van der Waals surface area contributed by atoms with E-state index in [4.69, 9.17) is 0 Å². The molecule has 1 fully saturated rings. The molecule has 0 radical (unpaired) electrons. The van der Waals surface area contributed by atoms with Crippen molar-refractivity contribution in [1.82, 2.24) is 19.2 Å². The lowest BCUT2D eigenvalue weighted by molar-refractivity contribution is -0.134. The Kier molecular flexibility index (Phi) is 5.19. The Labute approximate surface area is 192 Å². The Hall–Kier alpha value is -3.61. The predicted molar refractivity (Wildman–Crippen MR) is 132 cm³/mol. The molecule has 1 saturated heterocycles. The average molecular weight is 444 g/mol. The van der Waals surface area contributed by atoms with Gasteiger partial charge in [-0.2, -0.15) is 5.10 Å². The van der Waals surface area contributed by atoms with Gasteiger partial charge in [-0.05, 0) is 44.5 Å². The minimum atomic E-state index is -0.500. The molecule has 3 heterocycles. The van der Waals surface area contributed by atoms with Crippen molar-refractivity contribution in [2.45, 2.75) is 32.9 Å². The Balaban J connectivity index is 1.48.